The van der Waals surface area contributed by atoms with E-state index in [1.165, 1.54) is 32.4 Å². The zero-order valence-electron chi connectivity index (χ0n) is 16.2. The largest absolute Gasteiger partial charge is 0.306 e. The Morgan fingerprint density at radius 3 is 1.95 bits per heavy atom. The lowest BCUT2D eigenvalue weighted by atomic mass is 10.0. The number of carbonyl (C=O) groups is 1. The van der Waals surface area contributed by atoms with Crippen molar-refractivity contribution in [1.29, 1.82) is 0 Å². The molecule has 0 saturated carbocycles. The van der Waals surface area contributed by atoms with E-state index in [2.05, 4.69) is 51.6 Å². The minimum absolute atomic E-state index is 0.303. The number of Topliss-reactive ketones (excluding diaryl/α,β-unsaturated/α-hetero) is 1. The Kier molecular flexibility index (Phi) is 11.8. The van der Waals surface area contributed by atoms with Gasteiger partial charge in [0, 0.05) is 19.5 Å². The maximum atomic E-state index is 11.1. The lowest BCUT2D eigenvalue weighted by Gasteiger charge is -2.25. The quantitative estimate of drug-likeness (QED) is 0.515. The van der Waals surface area contributed by atoms with Crippen LogP contribution in [0.1, 0.15) is 60.3 Å². The van der Waals surface area contributed by atoms with Gasteiger partial charge in [0.15, 0.2) is 0 Å². The van der Waals surface area contributed by atoms with Gasteiger partial charge in [0.1, 0.15) is 5.78 Å². The maximum absolute atomic E-state index is 11.1. The van der Waals surface area contributed by atoms with Gasteiger partial charge < -0.3 is 14.6 Å². The predicted octanol–water partition coefficient (Wildman–Crippen LogP) is 3.93. The summed E-state index contributed by atoms with van der Waals surface area (Å²) < 4.78 is 0. The van der Waals surface area contributed by atoms with Crippen LogP contribution in [0.2, 0.25) is 0 Å². The van der Waals surface area contributed by atoms with E-state index in [4.69, 9.17) is 0 Å². The summed E-state index contributed by atoms with van der Waals surface area (Å²) in [5, 5.41) is 0. The van der Waals surface area contributed by atoms with E-state index in [0.29, 0.717) is 18.1 Å². The third-order valence-corrected chi connectivity index (χ3v) is 4.21. The highest BCUT2D eigenvalue weighted by molar-refractivity contribution is 5.75. The molecule has 0 aliphatic carbocycles. The van der Waals surface area contributed by atoms with Crippen LogP contribution in [0.25, 0.3) is 0 Å². The second kappa shape index (κ2) is 12.1. The summed E-state index contributed by atoms with van der Waals surface area (Å²) >= 11 is 0. The topological polar surface area (TPSA) is 23.6 Å². The molecular weight excluding hydrogens is 272 g/mol. The standard InChI is InChI=1S/C19H40N2O/c1-16(2)9-8-11-20(6)14-17(3)10-12-21(7)15-18(4)13-19(5)22/h16-18H,8-15H2,1-7H3. The summed E-state index contributed by atoms with van der Waals surface area (Å²) in [5.74, 6) is 2.32. The van der Waals surface area contributed by atoms with Crippen LogP contribution in [0.4, 0.5) is 0 Å². The summed E-state index contributed by atoms with van der Waals surface area (Å²) in [4.78, 5) is 16.0. The molecule has 0 fully saturated rings. The Morgan fingerprint density at radius 2 is 1.41 bits per heavy atom. The average Bonchev–Trinajstić information content (AvgIpc) is 2.34. The van der Waals surface area contributed by atoms with Crippen LogP contribution in [-0.4, -0.2) is 55.9 Å². The third kappa shape index (κ3) is 13.3. The number of hydrogen-bond donors (Lipinski definition) is 0. The Balaban J connectivity index is 3.78. The van der Waals surface area contributed by atoms with Crippen LogP contribution in [0, 0.1) is 17.8 Å². The molecule has 3 heteroatoms. The molecule has 0 aromatic rings. The molecule has 0 radical (unpaired) electrons. The van der Waals surface area contributed by atoms with Crippen molar-refractivity contribution in [3.05, 3.63) is 0 Å². The maximum Gasteiger partial charge on any atom is 0.130 e. The molecule has 2 atom stereocenters. The van der Waals surface area contributed by atoms with Crippen molar-refractivity contribution in [3.8, 4) is 0 Å². The SMILES string of the molecule is CC(=O)CC(C)CN(C)CCC(C)CN(C)CCCC(C)C. The van der Waals surface area contributed by atoms with Gasteiger partial charge in [0.05, 0.1) is 0 Å². The summed E-state index contributed by atoms with van der Waals surface area (Å²) in [6, 6.07) is 0. The highest BCUT2D eigenvalue weighted by Crippen LogP contribution is 2.10. The van der Waals surface area contributed by atoms with E-state index in [0.717, 1.165) is 24.9 Å². The highest BCUT2D eigenvalue weighted by Gasteiger charge is 2.11. The van der Waals surface area contributed by atoms with E-state index in [-0.39, 0.29) is 0 Å². The molecule has 0 N–H and O–H groups in total. The van der Waals surface area contributed by atoms with Gasteiger partial charge in [-0.15, -0.1) is 0 Å². The van der Waals surface area contributed by atoms with Crippen molar-refractivity contribution in [1.82, 2.24) is 9.80 Å². The normalized spacial score (nSPS) is 14.8. The molecule has 2 unspecified atom stereocenters. The molecule has 132 valence electrons. The predicted molar refractivity (Wildman–Crippen MR) is 97.3 cm³/mol. The Hall–Kier alpha value is -0.410. The van der Waals surface area contributed by atoms with Crippen molar-refractivity contribution in [3.63, 3.8) is 0 Å². The molecule has 0 spiro atoms. The molecule has 3 nitrogen and oxygen atoms in total. The van der Waals surface area contributed by atoms with Crippen LogP contribution in [0.15, 0.2) is 0 Å². The van der Waals surface area contributed by atoms with Crippen LogP contribution in [0.5, 0.6) is 0 Å². The number of hydrogen-bond acceptors (Lipinski definition) is 3. The van der Waals surface area contributed by atoms with Crippen molar-refractivity contribution < 1.29 is 4.79 Å². The van der Waals surface area contributed by atoms with E-state index in [9.17, 15) is 4.79 Å². The number of carbonyl (C=O) groups excluding carboxylic acids is 1. The Bertz CT molecular complexity index is 291. The summed E-state index contributed by atoms with van der Waals surface area (Å²) in [6.07, 6.45) is 4.58. The summed E-state index contributed by atoms with van der Waals surface area (Å²) in [6.45, 7) is 15.4. The summed E-state index contributed by atoms with van der Waals surface area (Å²) in [5.41, 5.74) is 0. The minimum Gasteiger partial charge on any atom is -0.306 e. The third-order valence-electron chi connectivity index (χ3n) is 4.21. The molecular formula is C19H40N2O. The molecule has 0 aromatic heterocycles. The summed E-state index contributed by atoms with van der Waals surface area (Å²) in [7, 11) is 4.42. The van der Waals surface area contributed by atoms with Crippen molar-refractivity contribution in [2.45, 2.75) is 60.3 Å². The van der Waals surface area contributed by atoms with Crippen LogP contribution >= 0.6 is 0 Å². The first-order valence-corrected chi connectivity index (χ1v) is 9.07. The lowest BCUT2D eigenvalue weighted by molar-refractivity contribution is -0.117. The Labute approximate surface area is 139 Å². The fraction of sp³-hybridized carbons (Fsp3) is 0.947. The smallest absolute Gasteiger partial charge is 0.130 e. The first-order chi connectivity index (χ1) is 10.2. The van der Waals surface area contributed by atoms with Gasteiger partial charge in [-0.1, -0.05) is 27.7 Å². The van der Waals surface area contributed by atoms with Crippen molar-refractivity contribution >= 4 is 5.78 Å². The van der Waals surface area contributed by atoms with Gasteiger partial charge in [-0.25, -0.2) is 0 Å². The monoisotopic (exact) mass is 312 g/mol. The first-order valence-electron chi connectivity index (χ1n) is 9.07. The Morgan fingerprint density at radius 1 is 0.864 bits per heavy atom. The van der Waals surface area contributed by atoms with Gasteiger partial charge in [0.25, 0.3) is 0 Å². The lowest BCUT2D eigenvalue weighted by Crippen LogP contribution is -2.30. The van der Waals surface area contributed by atoms with E-state index in [1.807, 2.05) is 0 Å². The molecule has 0 saturated heterocycles. The van der Waals surface area contributed by atoms with E-state index >= 15 is 0 Å². The molecule has 0 heterocycles. The van der Waals surface area contributed by atoms with Gasteiger partial charge >= 0.3 is 0 Å². The van der Waals surface area contributed by atoms with E-state index < -0.39 is 0 Å². The molecule has 0 aliphatic rings. The fourth-order valence-corrected chi connectivity index (χ4v) is 3.10. The zero-order valence-corrected chi connectivity index (χ0v) is 16.2. The second-order valence-corrected chi connectivity index (χ2v) is 7.97. The first kappa shape index (κ1) is 21.6. The van der Waals surface area contributed by atoms with Crippen LogP contribution in [0.3, 0.4) is 0 Å². The van der Waals surface area contributed by atoms with Crippen molar-refractivity contribution in [2.75, 3.05) is 40.3 Å². The van der Waals surface area contributed by atoms with Gasteiger partial charge in [0.2, 0.25) is 0 Å². The van der Waals surface area contributed by atoms with Gasteiger partial charge in [-0.2, -0.15) is 0 Å². The van der Waals surface area contributed by atoms with Gasteiger partial charge in [-0.3, -0.25) is 0 Å². The van der Waals surface area contributed by atoms with Crippen LogP contribution < -0.4 is 0 Å². The van der Waals surface area contributed by atoms with E-state index in [1.54, 1.807) is 6.92 Å². The number of nitrogens with zero attached hydrogens (tertiary/aromatic N) is 2. The zero-order chi connectivity index (χ0) is 17.1. The molecule has 22 heavy (non-hydrogen) atoms. The fourth-order valence-electron chi connectivity index (χ4n) is 3.10. The average molecular weight is 313 g/mol. The molecule has 0 aromatic carbocycles. The van der Waals surface area contributed by atoms with Crippen LogP contribution in [-0.2, 0) is 4.79 Å². The highest BCUT2D eigenvalue weighted by atomic mass is 16.1. The number of rotatable bonds is 13. The second-order valence-electron chi connectivity index (χ2n) is 7.97. The minimum atomic E-state index is 0.303. The van der Waals surface area contributed by atoms with Gasteiger partial charge in [-0.05, 0) is 71.1 Å². The molecule has 0 bridgehead atoms. The number of ketones is 1. The molecule has 0 amide bonds. The van der Waals surface area contributed by atoms with Crippen molar-refractivity contribution in [2.24, 2.45) is 17.8 Å². The molecule has 0 rings (SSSR count). The molecule has 0 aliphatic heterocycles.